The van der Waals surface area contributed by atoms with Crippen LogP contribution in [0.4, 0.5) is 5.69 Å². The molecule has 0 spiro atoms. The van der Waals surface area contributed by atoms with Gasteiger partial charge in [-0.15, -0.1) is 0 Å². The lowest BCUT2D eigenvalue weighted by Gasteiger charge is -2.26. The third-order valence-electron chi connectivity index (χ3n) is 4.69. The minimum Gasteiger partial charge on any atom is -0.492 e. The van der Waals surface area contributed by atoms with Crippen molar-refractivity contribution >= 4 is 22.6 Å². The van der Waals surface area contributed by atoms with Gasteiger partial charge in [-0.05, 0) is 31.2 Å². The SMILES string of the molecule is CC(C(=O)Nc1ccc2[nH]c(=O)[nH]c2c1)N1CCOc2ccccc2C1. The van der Waals surface area contributed by atoms with E-state index in [-0.39, 0.29) is 17.6 Å². The highest BCUT2D eigenvalue weighted by Crippen LogP contribution is 2.24. The number of para-hydroxylation sites is 1. The van der Waals surface area contributed by atoms with E-state index in [0.717, 1.165) is 11.3 Å². The number of nitrogens with one attached hydrogen (secondary N) is 3. The van der Waals surface area contributed by atoms with Crippen LogP contribution >= 0.6 is 0 Å². The summed E-state index contributed by atoms with van der Waals surface area (Å²) in [5.41, 5.74) is 2.84. The van der Waals surface area contributed by atoms with Gasteiger partial charge in [0.15, 0.2) is 0 Å². The first kappa shape index (κ1) is 16.4. The first-order valence-corrected chi connectivity index (χ1v) is 8.58. The van der Waals surface area contributed by atoms with E-state index in [0.29, 0.717) is 36.4 Å². The molecule has 1 aromatic heterocycles. The largest absolute Gasteiger partial charge is 0.492 e. The minimum atomic E-state index is -0.314. The molecule has 0 bridgehead atoms. The molecule has 3 aromatic rings. The van der Waals surface area contributed by atoms with Crippen LogP contribution in [-0.4, -0.2) is 40.0 Å². The number of amides is 1. The van der Waals surface area contributed by atoms with Crippen molar-refractivity contribution in [3.63, 3.8) is 0 Å². The highest BCUT2D eigenvalue weighted by molar-refractivity contribution is 5.96. The maximum absolute atomic E-state index is 12.7. The number of aromatic nitrogens is 2. The molecule has 1 unspecified atom stereocenters. The lowest BCUT2D eigenvalue weighted by molar-refractivity contribution is -0.121. The number of carbonyl (C=O) groups is 1. The summed E-state index contributed by atoms with van der Waals surface area (Å²) in [4.78, 5) is 31.5. The number of rotatable bonds is 3. The van der Waals surface area contributed by atoms with Gasteiger partial charge in [0.1, 0.15) is 12.4 Å². The van der Waals surface area contributed by atoms with Crippen molar-refractivity contribution in [3.05, 3.63) is 58.5 Å². The van der Waals surface area contributed by atoms with Gasteiger partial charge in [-0.2, -0.15) is 0 Å². The predicted octanol–water partition coefficient (Wildman–Crippen LogP) is 2.08. The van der Waals surface area contributed by atoms with Crippen molar-refractivity contribution in [2.75, 3.05) is 18.5 Å². The summed E-state index contributed by atoms with van der Waals surface area (Å²) < 4.78 is 5.77. The Balaban J connectivity index is 1.49. The fourth-order valence-electron chi connectivity index (χ4n) is 3.20. The molecular weight excluding hydrogens is 332 g/mol. The average molecular weight is 352 g/mol. The number of carbonyl (C=O) groups excluding carboxylic acids is 1. The van der Waals surface area contributed by atoms with Gasteiger partial charge in [-0.3, -0.25) is 9.69 Å². The van der Waals surface area contributed by atoms with Crippen LogP contribution in [0.1, 0.15) is 12.5 Å². The third-order valence-corrected chi connectivity index (χ3v) is 4.69. The molecule has 1 aliphatic rings. The molecule has 2 aromatic carbocycles. The van der Waals surface area contributed by atoms with Crippen LogP contribution in [0.15, 0.2) is 47.3 Å². The van der Waals surface area contributed by atoms with Crippen LogP contribution in [0.5, 0.6) is 5.75 Å². The second-order valence-electron chi connectivity index (χ2n) is 6.43. The van der Waals surface area contributed by atoms with Crippen LogP contribution in [0.3, 0.4) is 0 Å². The maximum atomic E-state index is 12.7. The Hall–Kier alpha value is -3.06. The van der Waals surface area contributed by atoms with Crippen LogP contribution < -0.4 is 15.7 Å². The second kappa shape index (κ2) is 6.68. The van der Waals surface area contributed by atoms with Crippen LogP contribution in [-0.2, 0) is 11.3 Å². The number of aromatic amines is 2. The molecule has 1 aliphatic heterocycles. The van der Waals surface area contributed by atoms with Crippen molar-refractivity contribution in [1.82, 2.24) is 14.9 Å². The molecule has 7 nitrogen and oxygen atoms in total. The van der Waals surface area contributed by atoms with Gasteiger partial charge in [-0.25, -0.2) is 4.79 Å². The third kappa shape index (κ3) is 3.21. The highest BCUT2D eigenvalue weighted by Gasteiger charge is 2.24. The topological polar surface area (TPSA) is 90.2 Å². The zero-order valence-corrected chi connectivity index (χ0v) is 14.4. The number of hydrogen-bond donors (Lipinski definition) is 3. The highest BCUT2D eigenvalue weighted by atomic mass is 16.5. The molecule has 0 aliphatic carbocycles. The molecule has 4 rings (SSSR count). The molecule has 1 amide bonds. The summed E-state index contributed by atoms with van der Waals surface area (Å²) in [6.45, 7) is 3.77. The fraction of sp³-hybridized carbons (Fsp3) is 0.263. The van der Waals surface area contributed by atoms with E-state index in [4.69, 9.17) is 4.74 Å². The lowest BCUT2D eigenvalue weighted by Crippen LogP contribution is -2.42. The molecule has 3 N–H and O–H groups in total. The van der Waals surface area contributed by atoms with Crippen molar-refractivity contribution in [2.45, 2.75) is 19.5 Å². The van der Waals surface area contributed by atoms with E-state index >= 15 is 0 Å². The van der Waals surface area contributed by atoms with Gasteiger partial charge >= 0.3 is 5.69 Å². The summed E-state index contributed by atoms with van der Waals surface area (Å²) in [5, 5.41) is 2.93. The number of benzene rings is 2. The van der Waals surface area contributed by atoms with Crippen molar-refractivity contribution in [2.24, 2.45) is 0 Å². The summed E-state index contributed by atoms with van der Waals surface area (Å²) in [6.07, 6.45) is 0. The number of ether oxygens (including phenoxy) is 1. The van der Waals surface area contributed by atoms with Crippen LogP contribution in [0.25, 0.3) is 11.0 Å². The number of fused-ring (bicyclic) bond motifs is 2. The Labute approximate surface area is 150 Å². The zero-order valence-electron chi connectivity index (χ0n) is 14.4. The summed E-state index contributed by atoms with van der Waals surface area (Å²) >= 11 is 0. The smallest absolute Gasteiger partial charge is 0.323 e. The Bertz CT molecular complexity index is 1010. The monoisotopic (exact) mass is 352 g/mol. The van der Waals surface area contributed by atoms with Gasteiger partial charge in [0.05, 0.1) is 17.1 Å². The van der Waals surface area contributed by atoms with Crippen molar-refractivity contribution < 1.29 is 9.53 Å². The van der Waals surface area contributed by atoms with Gasteiger partial charge in [0.2, 0.25) is 5.91 Å². The van der Waals surface area contributed by atoms with E-state index in [9.17, 15) is 9.59 Å². The Morgan fingerprint density at radius 1 is 1.19 bits per heavy atom. The van der Waals surface area contributed by atoms with E-state index in [1.165, 1.54) is 0 Å². The summed E-state index contributed by atoms with van der Waals surface area (Å²) in [5.74, 6) is 0.783. The number of hydrogen-bond acceptors (Lipinski definition) is 4. The number of anilines is 1. The Kier molecular flexibility index (Phi) is 4.22. The van der Waals surface area contributed by atoms with E-state index in [1.54, 1.807) is 18.2 Å². The minimum absolute atomic E-state index is 0.0957. The molecule has 0 saturated carbocycles. The van der Waals surface area contributed by atoms with E-state index in [2.05, 4.69) is 20.2 Å². The first-order valence-electron chi connectivity index (χ1n) is 8.58. The number of H-pyrrole nitrogens is 2. The van der Waals surface area contributed by atoms with Gasteiger partial charge in [-0.1, -0.05) is 18.2 Å². The van der Waals surface area contributed by atoms with Gasteiger partial charge in [0.25, 0.3) is 0 Å². The quantitative estimate of drug-likeness (QED) is 0.673. The standard InChI is InChI=1S/C19H20N4O3/c1-12(23-8-9-26-17-5-3-2-4-13(17)11-23)18(24)20-14-6-7-15-16(10-14)22-19(25)21-15/h2-7,10,12H,8-9,11H2,1H3,(H,20,24)(H2,21,22,25). The summed E-state index contributed by atoms with van der Waals surface area (Å²) in [7, 11) is 0. The Morgan fingerprint density at radius 2 is 2.00 bits per heavy atom. The van der Waals surface area contributed by atoms with E-state index in [1.807, 2.05) is 31.2 Å². The zero-order chi connectivity index (χ0) is 18.1. The average Bonchev–Trinajstić information content (AvgIpc) is 2.87. The molecule has 134 valence electrons. The van der Waals surface area contributed by atoms with Gasteiger partial charge < -0.3 is 20.0 Å². The molecule has 2 heterocycles. The van der Waals surface area contributed by atoms with Crippen molar-refractivity contribution in [3.8, 4) is 5.75 Å². The lowest BCUT2D eigenvalue weighted by atomic mass is 10.1. The van der Waals surface area contributed by atoms with Crippen LogP contribution in [0.2, 0.25) is 0 Å². The van der Waals surface area contributed by atoms with E-state index < -0.39 is 0 Å². The van der Waals surface area contributed by atoms with Crippen molar-refractivity contribution in [1.29, 1.82) is 0 Å². The molecular formula is C19H20N4O3. The first-order chi connectivity index (χ1) is 12.6. The maximum Gasteiger partial charge on any atom is 0.323 e. The summed E-state index contributed by atoms with van der Waals surface area (Å²) in [6, 6.07) is 12.9. The Morgan fingerprint density at radius 3 is 2.88 bits per heavy atom. The molecule has 0 fully saturated rings. The second-order valence-corrected chi connectivity index (χ2v) is 6.43. The molecule has 7 heteroatoms. The predicted molar refractivity (Wildman–Crippen MR) is 99.4 cm³/mol. The number of imidazole rings is 1. The van der Waals surface area contributed by atoms with Crippen LogP contribution in [0, 0.1) is 0 Å². The molecule has 1 atom stereocenters. The normalized spacial score (nSPS) is 15.7. The number of nitrogens with zero attached hydrogens (tertiary/aromatic N) is 1. The fourth-order valence-corrected chi connectivity index (χ4v) is 3.20. The molecule has 0 saturated heterocycles. The molecule has 26 heavy (non-hydrogen) atoms. The van der Waals surface area contributed by atoms with Gasteiger partial charge in [0, 0.05) is 24.3 Å². The molecule has 0 radical (unpaired) electrons.